The third kappa shape index (κ3) is 3.46. The number of aromatic amines is 1. The second kappa shape index (κ2) is 6.76. The summed E-state index contributed by atoms with van der Waals surface area (Å²) in [5.74, 6) is -2.10. The molecular formula is C18H19F2N3O2. The summed E-state index contributed by atoms with van der Waals surface area (Å²) in [4.78, 5) is 28.4. The van der Waals surface area contributed by atoms with Gasteiger partial charge in [0, 0.05) is 18.3 Å². The van der Waals surface area contributed by atoms with Crippen molar-refractivity contribution in [2.75, 3.05) is 13.6 Å². The predicted molar refractivity (Wildman–Crippen MR) is 89.4 cm³/mol. The van der Waals surface area contributed by atoms with Crippen molar-refractivity contribution in [3.05, 3.63) is 69.1 Å². The molecule has 2 aromatic rings. The average molecular weight is 347 g/mol. The van der Waals surface area contributed by atoms with Gasteiger partial charge in [0.1, 0.15) is 0 Å². The van der Waals surface area contributed by atoms with Crippen molar-refractivity contribution in [1.29, 1.82) is 0 Å². The zero-order valence-electron chi connectivity index (χ0n) is 14.0. The minimum Gasteiger partial charge on any atom is -0.347 e. The van der Waals surface area contributed by atoms with E-state index in [1.54, 1.807) is 6.92 Å². The van der Waals surface area contributed by atoms with Crippen LogP contribution in [0, 0.1) is 18.6 Å². The Morgan fingerprint density at radius 3 is 2.68 bits per heavy atom. The maximum Gasteiger partial charge on any atom is 0.253 e. The lowest BCUT2D eigenvalue weighted by Crippen LogP contribution is -2.39. The van der Waals surface area contributed by atoms with Crippen LogP contribution in [0.25, 0.3) is 0 Å². The number of H-pyrrole nitrogens is 1. The number of nitrogens with one attached hydrogen (secondary N) is 2. The number of aromatic nitrogens is 1. The number of likely N-dealkylation sites (tertiary alicyclic amines) is 1. The average Bonchev–Trinajstić information content (AvgIpc) is 2.90. The summed E-state index contributed by atoms with van der Waals surface area (Å²) in [5, 5.41) is 2.95. The van der Waals surface area contributed by atoms with Gasteiger partial charge in [0.2, 0.25) is 5.56 Å². The normalized spacial score (nSPS) is 20.6. The lowest BCUT2D eigenvalue weighted by Gasteiger charge is -2.26. The topological polar surface area (TPSA) is 65.2 Å². The molecule has 132 valence electrons. The van der Waals surface area contributed by atoms with Crippen LogP contribution in [0.3, 0.4) is 0 Å². The Hall–Kier alpha value is -2.54. The van der Waals surface area contributed by atoms with Crippen LogP contribution in [0.1, 0.15) is 34.1 Å². The molecule has 1 aromatic heterocycles. The first kappa shape index (κ1) is 17.3. The first-order valence-corrected chi connectivity index (χ1v) is 8.03. The predicted octanol–water partition coefficient (Wildman–Crippen LogP) is 2.14. The van der Waals surface area contributed by atoms with Crippen molar-refractivity contribution in [3.8, 4) is 0 Å². The number of rotatable bonds is 3. The molecule has 0 bridgehead atoms. The standard InChI is InChI=1S/C18H19F2N3O2/c1-10-12(4-6-16(24)21-10)18(25)22-15-7-8-23(2)17(15)11-3-5-13(19)14(20)9-11/h3-6,9,15,17H,7-8H2,1-2H3,(H,21,24)(H,22,25)/t15-,17+/m1/s1. The molecule has 1 aliphatic heterocycles. The summed E-state index contributed by atoms with van der Waals surface area (Å²) in [5.41, 5.74) is 1.22. The Kier molecular flexibility index (Phi) is 4.67. The van der Waals surface area contributed by atoms with Crippen LogP contribution in [0.2, 0.25) is 0 Å². The first-order valence-electron chi connectivity index (χ1n) is 8.03. The van der Waals surface area contributed by atoms with Gasteiger partial charge in [-0.05, 0) is 44.2 Å². The number of aryl methyl sites for hydroxylation is 1. The molecule has 0 unspecified atom stereocenters. The highest BCUT2D eigenvalue weighted by Crippen LogP contribution is 2.32. The summed E-state index contributed by atoms with van der Waals surface area (Å²) in [7, 11) is 1.88. The van der Waals surface area contributed by atoms with Gasteiger partial charge >= 0.3 is 0 Å². The molecule has 25 heavy (non-hydrogen) atoms. The van der Waals surface area contributed by atoms with Gasteiger partial charge in [-0.15, -0.1) is 0 Å². The van der Waals surface area contributed by atoms with Gasteiger partial charge in [0.25, 0.3) is 5.91 Å². The molecule has 2 heterocycles. The molecule has 2 atom stereocenters. The van der Waals surface area contributed by atoms with E-state index in [-0.39, 0.29) is 23.6 Å². The van der Waals surface area contributed by atoms with E-state index in [1.165, 1.54) is 24.3 Å². The molecule has 1 aliphatic rings. The number of likely N-dealkylation sites (N-methyl/N-ethyl adjacent to an activating group) is 1. The highest BCUT2D eigenvalue weighted by molar-refractivity contribution is 5.95. The molecular weight excluding hydrogens is 328 g/mol. The second-order valence-electron chi connectivity index (χ2n) is 6.33. The molecule has 0 saturated carbocycles. The number of pyridine rings is 1. The van der Waals surface area contributed by atoms with Gasteiger partial charge in [0.05, 0.1) is 17.6 Å². The number of carbonyl (C=O) groups excluding carboxylic acids is 1. The van der Waals surface area contributed by atoms with Crippen molar-refractivity contribution in [1.82, 2.24) is 15.2 Å². The van der Waals surface area contributed by atoms with Crippen LogP contribution >= 0.6 is 0 Å². The van der Waals surface area contributed by atoms with E-state index < -0.39 is 11.6 Å². The zero-order chi connectivity index (χ0) is 18.1. The van der Waals surface area contributed by atoms with Crippen LogP contribution in [-0.4, -0.2) is 35.4 Å². The smallest absolute Gasteiger partial charge is 0.253 e. The van der Waals surface area contributed by atoms with Crippen LogP contribution in [0.4, 0.5) is 8.78 Å². The number of amides is 1. The lowest BCUT2D eigenvalue weighted by atomic mass is 9.99. The quantitative estimate of drug-likeness (QED) is 0.894. The largest absolute Gasteiger partial charge is 0.347 e. The minimum atomic E-state index is -0.903. The Morgan fingerprint density at radius 2 is 2.00 bits per heavy atom. The maximum absolute atomic E-state index is 13.6. The molecule has 1 fully saturated rings. The third-order valence-corrected chi connectivity index (χ3v) is 4.61. The van der Waals surface area contributed by atoms with E-state index in [9.17, 15) is 18.4 Å². The Bertz CT molecular complexity index is 866. The van der Waals surface area contributed by atoms with Gasteiger partial charge in [-0.2, -0.15) is 0 Å². The number of nitrogens with zero attached hydrogens (tertiary/aromatic N) is 1. The van der Waals surface area contributed by atoms with E-state index in [0.717, 1.165) is 12.6 Å². The van der Waals surface area contributed by atoms with Gasteiger partial charge < -0.3 is 10.3 Å². The fourth-order valence-corrected chi connectivity index (χ4v) is 3.35. The minimum absolute atomic E-state index is 0.242. The molecule has 7 heteroatoms. The fourth-order valence-electron chi connectivity index (χ4n) is 3.35. The number of halogens is 2. The van der Waals surface area contributed by atoms with Crippen molar-refractivity contribution in [2.24, 2.45) is 0 Å². The van der Waals surface area contributed by atoms with Gasteiger partial charge in [-0.25, -0.2) is 8.78 Å². The van der Waals surface area contributed by atoms with Crippen molar-refractivity contribution >= 4 is 5.91 Å². The second-order valence-corrected chi connectivity index (χ2v) is 6.33. The molecule has 0 aliphatic carbocycles. The number of hydrogen-bond donors (Lipinski definition) is 2. The highest BCUT2D eigenvalue weighted by atomic mass is 19.2. The van der Waals surface area contributed by atoms with E-state index in [2.05, 4.69) is 10.3 Å². The monoisotopic (exact) mass is 347 g/mol. The zero-order valence-corrected chi connectivity index (χ0v) is 14.0. The van der Waals surface area contributed by atoms with Crippen molar-refractivity contribution in [2.45, 2.75) is 25.4 Å². The summed E-state index contributed by atoms with van der Waals surface area (Å²) in [6.45, 7) is 2.38. The van der Waals surface area contributed by atoms with Crippen molar-refractivity contribution in [3.63, 3.8) is 0 Å². The molecule has 1 saturated heterocycles. The molecule has 1 amide bonds. The van der Waals surface area contributed by atoms with Crippen LogP contribution < -0.4 is 10.9 Å². The summed E-state index contributed by atoms with van der Waals surface area (Å²) < 4.78 is 26.8. The Morgan fingerprint density at radius 1 is 1.24 bits per heavy atom. The highest BCUT2D eigenvalue weighted by Gasteiger charge is 2.34. The van der Waals surface area contributed by atoms with Crippen LogP contribution in [-0.2, 0) is 0 Å². The fraction of sp³-hybridized carbons (Fsp3) is 0.333. The summed E-state index contributed by atoms with van der Waals surface area (Å²) in [6, 6.07) is 6.10. The Labute approximate surface area is 143 Å². The molecule has 0 spiro atoms. The number of benzene rings is 1. The third-order valence-electron chi connectivity index (χ3n) is 4.61. The molecule has 3 rings (SSSR count). The van der Waals surface area contributed by atoms with Gasteiger partial charge in [-0.3, -0.25) is 14.5 Å². The SMILES string of the molecule is Cc1[nH]c(=O)ccc1C(=O)N[C@@H]1CCN(C)[C@H]1c1ccc(F)c(F)c1. The molecule has 0 radical (unpaired) electrons. The van der Waals surface area contributed by atoms with E-state index in [1.807, 2.05) is 11.9 Å². The van der Waals surface area contributed by atoms with Crippen molar-refractivity contribution < 1.29 is 13.6 Å². The van der Waals surface area contributed by atoms with E-state index in [4.69, 9.17) is 0 Å². The van der Waals surface area contributed by atoms with E-state index in [0.29, 0.717) is 23.2 Å². The van der Waals surface area contributed by atoms with Crippen LogP contribution in [0.15, 0.2) is 35.1 Å². The van der Waals surface area contributed by atoms with Crippen LogP contribution in [0.5, 0.6) is 0 Å². The summed E-state index contributed by atoms with van der Waals surface area (Å²) in [6.07, 6.45) is 0.689. The maximum atomic E-state index is 13.6. The first-order chi connectivity index (χ1) is 11.9. The summed E-state index contributed by atoms with van der Waals surface area (Å²) >= 11 is 0. The Balaban J connectivity index is 1.84. The number of carbonyl (C=O) groups is 1. The molecule has 2 N–H and O–H groups in total. The van der Waals surface area contributed by atoms with E-state index >= 15 is 0 Å². The lowest BCUT2D eigenvalue weighted by molar-refractivity contribution is 0.0926. The number of hydrogen-bond acceptors (Lipinski definition) is 3. The van der Waals surface area contributed by atoms with Gasteiger partial charge in [0.15, 0.2) is 11.6 Å². The molecule has 1 aromatic carbocycles. The molecule has 5 nitrogen and oxygen atoms in total. The van der Waals surface area contributed by atoms with Gasteiger partial charge in [-0.1, -0.05) is 6.07 Å².